The largest absolute Gasteiger partial charge is 0.461 e. The summed E-state index contributed by atoms with van der Waals surface area (Å²) in [4.78, 5) is 12.3. The van der Waals surface area contributed by atoms with Crippen molar-refractivity contribution < 1.29 is 9.53 Å². The average molecular weight is 423 g/mol. The summed E-state index contributed by atoms with van der Waals surface area (Å²) < 4.78 is 5.26. The van der Waals surface area contributed by atoms with Crippen molar-refractivity contribution in [3.63, 3.8) is 0 Å². The van der Waals surface area contributed by atoms with E-state index >= 15 is 0 Å². The molecule has 6 unspecified atom stereocenters. The molecule has 0 radical (unpaired) electrons. The van der Waals surface area contributed by atoms with E-state index in [0.29, 0.717) is 10.8 Å². The van der Waals surface area contributed by atoms with Crippen LogP contribution in [0.25, 0.3) is 0 Å². The summed E-state index contributed by atoms with van der Waals surface area (Å²) >= 11 is 3.44. The molecule has 6 atom stereocenters. The zero-order chi connectivity index (χ0) is 18.7. The topological polar surface area (TPSA) is 26.3 Å². The van der Waals surface area contributed by atoms with Gasteiger partial charge in [-0.15, -0.1) is 0 Å². The Hall–Kier alpha value is -0.310. The standard InChI is InChI=1S/C23H35BrO2/c1-21(2,24)20(25)26-16-9-13-23(4)15(14-16)7-8-17-18-6-5-11-22(18,3)12-10-19(17)23/h7,16-19H,5-6,8-14H2,1-4H3. The molecule has 0 aromatic heterocycles. The summed E-state index contributed by atoms with van der Waals surface area (Å²) in [6.45, 7) is 8.83. The van der Waals surface area contributed by atoms with Gasteiger partial charge in [0.15, 0.2) is 0 Å². The van der Waals surface area contributed by atoms with Crippen LogP contribution in [-0.2, 0) is 9.53 Å². The molecule has 0 saturated heterocycles. The van der Waals surface area contributed by atoms with E-state index in [1.807, 2.05) is 13.8 Å². The van der Waals surface area contributed by atoms with Crippen LogP contribution in [0.3, 0.4) is 0 Å². The third kappa shape index (κ3) is 3.01. The number of hydrogen-bond acceptors (Lipinski definition) is 2. The number of alkyl halides is 1. The predicted molar refractivity (Wildman–Crippen MR) is 109 cm³/mol. The Labute approximate surface area is 167 Å². The van der Waals surface area contributed by atoms with Crippen LogP contribution in [0, 0.1) is 28.6 Å². The van der Waals surface area contributed by atoms with Crippen LogP contribution in [0.5, 0.6) is 0 Å². The fraction of sp³-hybridized carbons (Fsp3) is 0.870. The summed E-state index contributed by atoms with van der Waals surface area (Å²) in [7, 11) is 0. The van der Waals surface area contributed by atoms with Gasteiger partial charge in [-0.05, 0) is 87.4 Å². The Kier molecular flexibility index (Phi) is 4.65. The summed E-state index contributed by atoms with van der Waals surface area (Å²) in [5.41, 5.74) is 2.56. The maximum atomic E-state index is 12.3. The molecule has 4 aliphatic carbocycles. The van der Waals surface area contributed by atoms with Crippen LogP contribution in [0.1, 0.15) is 85.5 Å². The Morgan fingerprint density at radius 3 is 2.65 bits per heavy atom. The zero-order valence-electron chi connectivity index (χ0n) is 16.9. The highest BCUT2D eigenvalue weighted by Gasteiger charge is 2.56. The first kappa shape index (κ1) is 19.0. The number of carbonyl (C=O) groups is 1. The monoisotopic (exact) mass is 422 g/mol. The molecule has 0 aromatic carbocycles. The van der Waals surface area contributed by atoms with Crippen LogP contribution >= 0.6 is 15.9 Å². The fourth-order valence-electron chi connectivity index (χ4n) is 7.01. The quantitative estimate of drug-likeness (QED) is 0.291. The molecule has 0 spiro atoms. The first-order chi connectivity index (χ1) is 12.1. The Balaban J connectivity index is 1.51. The zero-order valence-corrected chi connectivity index (χ0v) is 18.5. The van der Waals surface area contributed by atoms with Crippen molar-refractivity contribution in [1.29, 1.82) is 0 Å². The molecule has 3 fully saturated rings. The van der Waals surface area contributed by atoms with E-state index in [1.54, 1.807) is 5.57 Å². The maximum absolute atomic E-state index is 12.3. The van der Waals surface area contributed by atoms with Gasteiger partial charge in [0.1, 0.15) is 10.4 Å². The summed E-state index contributed by atoms with van der Waals surface area (Å²) in [6, 6.07) is 0. The minimum absolute atomic E-state index is 0.0653. The van der Waals surface area contributed by atoms with E-state index in [9.17, 15) is 4.79 Å². The molecule has 0 N–H and O–H groups in total. The summed E-state index contributed by atoms with van der Waals surface area (Å²) in [6.07, 6.45) is 14.2. The molecule has 0 aliphatic heterocycles. The van der Waals surface area contributed by atoms with Crippen molar-refractivity contribution in [2.45, 2.75) is 95.9 Å². The molecule has 4 rings (SSSR count). The summed E-state index contributed by atoms with van der Waals surface area (Å²) in [5.74, 6) is 2.56. The molecule has 0 heterocycles. The van der Waals surface area contributed by atoms with Crippen LogP contribution in [0.4, 0.5) is 0 Å². The van der Waals surface area contributed by atoms with E-state index in [2.05, 4.69) is 35.9 Å². The minimum atomic E-state index is -0.587. The first-order valence-electron chi connectivity index (χ1n) is 10.7. The molecule has 0 bridgehead atoms. The Morgan fingerprint density at radius 1 is 1.15 bits per heavy atom. The second-order valence-electron chi connectivity index (χ2n) is 10.6. The molecule has 3 heteroatoms. The van der Waals surface area contributed by atoms with Crippen molar-refractivity contribution >= 4 is 21.9 Å². The lowest BCUT2D eigenvalue weighted by Crippen LogP contribution is -2.49. The normalized spacial score (nSPS) is 45.2. The number of fused-ring (bicyclic) bond motifs is 5. The Morgan fingerprint density at radius 2 is 1.92 bits per heavy atom. The predicted octanol–water partition coefficient (Wildman–Crippen LogP) is 6.42. The molecule has 26 heavy (non-hydrogen) atoms. The fourth-order valence-corrected chi connectivity index (χ4v) is 7.11. The van der Waals surface area contributed by atoms with Gasteiger partial charge in [-0.2, -0.15) is 0 Å². The first-order valence-corrected chi connectivity index (χ1v) is 11.5. The maximum Gasteiger partial charge on any atom is 0.322 e. The average Bonchev–Trinajstić information content (AvgIpc) is 2.96. The molecular weight excluding hydrogens is 388 g/mol. The van der Waals surface area contributed by atoms with E-state index in [1.165, 1.54) is 44.9 Å². The number of hydrogen-bond donors (Lipinski definition) is 0. The molecule has 0 aromatic rings. The van der Waals surface area contributed by atoms with Crippen LogP contribution < -0.4 is 0 Å². The van der Waals surface area contributed by atoms with Gasteiger partial charge in [0, 0.05) is 6.42 Å². The SMILES string of the molecule is CC(C)(Br)C(=O)OC1CCC2(C)C(=CCC3C4CCCC4(C)CCC32)C1. The second-order valence-corrected chi connectivity index (χ2v) is 12.6. The van der Waals surface area contributed by atoms with Gasteiger partial charge in [0.25, 0.3) is 0 Å². The third-order valence-corrected chi connectivity index (χ3v) is 8.92. The molecular formula is C23H35BrO2. The third-order valence-electron chi connectivity index (χ3n) is 8.60. The van der Waals surface area contributed by atoms with Crippen molar-refractivity contribution in [1.82, 2.24) is 0 Å². The minimum Gasteiger partial charge on any atom is -0.461 e. The van der Waals surface area contributed by atoms with Crippen molar-refractivity contribution in [2.75, 3.05) is 0 Å². The number of esters is 1. The van der Waals surface area contributed by atoms with Crippen molar-refractivity contribution in [3.8, 4) is 0 Å². The molecule has 4 aliphatic rings. The van der Waals surface area contributed by atoms with Crippen LogP contribution in [0.2, 0.25) is 0 Å². The van der Waals surface area contributed by atoms with E-state index in [0.717, 1.165) is 30.6 Å². The van der Waals surface area contributed by atoms with Gasteiger partial charge in [-0.1, -0.05) is 47.8 Å². The van der Waals surface area contributed by atoms with E-state index < -0.39 is 4.32 Å². The van der Waals surface area contributed by atoms with Crippen LogP contribution in [0.15, 0.2) is 11.6 Å². The smallest absolute Gasteiger partial charge is 0.322 e. The van der Waals surface area contributed by atoms with Crippen LogP contribution in [-0.4, -0.2) is 16.4 Å². The molecule has 0 amide bonds. The number of ether oxygens (including phenoxy) is 1. The van der Waals surface area contributed by atoms with Gasteiger partial charge in [0.05, 0.1) is 0 Å². The highest BCUT2D eigenvalue weighted by atomic mass is 79.9. The lowest BCUT2D eigenvalue weighted by molar-refractivity contribution is -0.153. The molecule has 3 saturated carbocycles. The van der Waals surface area contributed by atoms with E-state index in [4.69, 9.17) is 4.74 Å². The number of halogens is 1. The van der Waals surface area contributed by atoms with Gasteiger partial charge >= 0.3 is 5.97 Å². The van der Waals surface area contributed by atoms with Gasteiger partial charge in [-0.3, -0.25) is 4.79 Å². The van der Waals surface area contributed by atoms with Gasteiger partial charge in [0.2, 0.25) is 0 Å². The van der Waals surface area contributed by atoms with Gasteiger partial charge < -0.3 is 4.74 Å². The summed E-state index contributed by atoms with van der Waals surface area (Å²) in [5, 5.41) is 0. The molecule has 2 nitrogen and oxygen atoms in total. The second kappa shape index (κ2) is 6.36. The highest BCUT2D eigenvalue weighted by molar-refractivity contribution is 9.10. The van der Waals surface area contributed by atoms with E-state index in [-0.39, 0.29) is 12.1 Å². The Bertz CT molecular complexity index is 618. The van der Waals surface area contributed by atoms with Gasteiger partial charge in [-0.25, -0.2) is 0 Å². The lowest BCUT2D eigenvalue weighted by Gasteiger charge is -2.57. The number of carbonyl (C=O) groups excluding carboxylic acids is 1. The highest BCUT2D eigenvalue weighted by Crippen LogP contribution is 2.64. The number of rotatable bonds is 2. The lowest BCUT2D eigenvalue weighted by atomic mass is 9.48. The van der Waals surface area contributed by atoms with Crippen molar-refractivity contribution in [3.05, 3.63) is 11.6 Å². The number of allylic oxidation sites excluding steroid dienone is 1. The molecule has 146 valence electrons. The van der Waals surface area contributed by atoms with Crippen molar-refractivity contribution in [2.24, 2.45) is 28.6 Å².